The van der Waals surface area contributed by atoms with Crippen LogP contribution in [0.1, 0.15) is 27.7 Å². The van der Waals surface area contributed by atoms with Crippen LogP contribution in [0.4, 0.5) is 0 Å². The average Bonchev–Trinajstić information content (AvgIpc) is 2.49. The second-order valence-electron chi connectivity index (χ2n) is 6.67. The Balaban J connectivity index is 0.00000625. The van der Waals surface area contributed by atoms with E-state index in [1.54, 1.807) is 11.0 Å². The van der Waals surface area contributed by atoms with Gasteiger partial charge in [-0.25, -0.2) is 4.99 Å². The summed E-state index contributed by atoms with van der Waals surface area (Å²) in [7, 11) is 1.83. The molecule has 1 aromatic carbocycles. The minimum Gasteiger partial charge on any atom is -0.490 e. The lowest BCUT2D eigenvalue weighted by Crippen LogP contribution is -2.48. The molecule has 8 heteroatoms. The van der Waals surface area contributed by atoms with Crippen molar-refractivity contribution in [3.8, 4) is 5.75 Å². The number of hydrogen-bond donors (Lipinski definition) is 2. The monoisotopic (exact) mass is 496 g/mol. The number of halogens is 2. The van der Waals surface area contributed by atoms with Crippen LogP contribution in [0.5, 0.6) is 5.75 Å². The van der Waals surface area contributed by atoms with Crippen LogP contribution in [0, 0.1) is 0 Å². The first kappa shape index (κ1) is 24.8. The molecule has 0 unspecified atom stereocenters. The van der Waals surface area contributed by atoms with Crippen molar-refractivity contribution in [3.63, 3.8) is 0 Å². The number of carbonyl (C=O) groups excluding carboxylic acids is 1. The van der Waals surface area contributed by atoms with Gasteiger partial charge in [0.2, 0.25) is 5.91 Å². The second-order valence-corrected chi connectivity index (χ2v) is 7.08. The number of amides is 1. The summed E-state index contributed by atoms with van der Waals surface area (Å²) in [5.74, 6) is 1.25. The van der Waals surface area contributed by atoms with Gasteiger partial charge >= 0.3 is 0 Å². The number of para-hydroxylation sites is 1. The van der Waals surface area contributed by atoms with Crippen molar-refractivity contribution >= 4 is 47.4 Å². The van der Waals surface area contributed by atoms with Gasteiger partial charge in [-0.2, -0.15) is 0 Å². The number of rotatable bonds is 7. The number of nitrogens with one attached hydrogen (secondary N) is 2. The molecule has 0 aromatic heterocycles. The van der Waals surface area contributed by atoms with Crippen LogP contribution in [0.25, 0.3) is 0 Å². The second kappa shape index (κ2) is 12.2. The number of guanidine groups is 1. The zero-order valence-corrected chi connectivity index (χ0v) is 19.2. The maximum Gasteiger partial charge on any atom is 0.240 e. The van der Waals surface area contributed by atoms with Gasteiger partial charge in [0.1, 0.15) is 12.4 Å². The van der Waals surface area contributed by atoms with Crippen molar-refractivity contribution in [2.45, 2.75) is 33.2 Å². The van der Waals surface area contributed by atoms with E-state index in [-0.39, 0.29) is 42.0 Å². The first-order chi connectivity index (χ1) is 11.7. The van der Waals surface area contributed by atoms with Gasteiger partial charge in [-0.1, -0.05) is 23.7 Å². The standard InChI is InChI=1S/C18H29ClN4O2.HI/c1-6-20-17(23(5)13-16(24)22-18(2,3)4)21-11-12-25-15-10-8-7-9-14(15)19;/h7-10H,6,11-13H2,1-5H3,(H,20,21)(H,22,24);1H. The van der Waals surface area contributed by atoms with Crippen LogP contribution >= 0.6 is 35.6 Å². The number of carbonyl (C=O) groups is 1. The molecule has 0 radical (unpaired) electrons. The molecule has 0 bridgehead atoms. The zero-order valence-electron chi connectivity index (χ0n) is 16.1. The van der Waals surface area contributed by atoms with E-state index in [0.29, 0.717) is 29.9 Å². The normalized spacial score (nSPS) is 11.4. The molecular formula is C18H30ClIN4O2. The lowest BCUT2D eigenvalue weighted by Gasteiger charge is -2.25. The Hall–Kier alpha value is -1.22. The van der Waals surface area contributed by atoms with Gasteiger partial charge in [0, 0.05) is 19.1 Å². The highest BCUT2D eigenvalue weighted by atomic mass is 127. The van der Waals surface area contributed by atoms with Crippen molar-refractivity contribution in [1.82, 2.24) is 15.5 Å². The lowest BCUT2D eigenvalue weighted by atomic mass is 10.1. The van der Waals surface area contributed by atoms with Crippen LogP contribution in [-0.4, -0.2) is 55.6 Å². The molecule has 0 fully saturated rings. The Kier molecular flexibility index (Phi) is 11.6. The highest BCUT2D eigenvalue weighted by molar-refractivity contribution is 14.0. The summed E-state index contributed by atoms with van der Waals surface area (Å²) in [5, 5.41) is 6.69. The van der Waals surface area contributed by atoms with Crippen molar-refractivity contribution in [3.05, 3.63) is 29.3 Å². The number of aliphatic imine (C=N–C) groups is 1. The molecule has 0 heterocycles. The molecule has 0 atom stereocenters. The van der Waals surface area contributed by atoms with Crippen molar-refractivity contribution in [2.24, 2.45) is 4.99 Å². The highest BCUT2D eigenvalue weighted by Crippen LogP contribution is 2.22. The van der Waals surface area contributed by atoms with E-state index in [1.807, 2.05) is 52.9 Å². The molecule has 148 valence electrons. The molecule has 0 saturated carbocycles. The maximum absolute atomic E-state index is 12.1. The number of hydrogen-bond acceptors (Lipinski definition) is 3. The van der Waals surface area contributed by atoms with Crippen LogP contribution in [0.3, 0.4) is 0 Å². The molecule has 0 spiro atoms. The topological polar surface area (TPSA) is 66.0 Å². The van der Waals surface area contributed by atoms with E-state index in [9.17, 15) is 4.79 Å². The first-order valence-corrected chi connectivity index (χ1v) is 8.78. The first-order valence-electron chi connectivity index (χ1n) is 8.40. The summed E-state index contributed by atoms with van der Waals surface area (Å²) in [5.41, 5.74) is -0.254. The predicted octanol–water partition coefficient (Wildman–Crippen LogP) is 3.15. The van der Waals surface area contributed by atoms with Crippen LogP contribution in [0.2, 0.25) is 5.02 Å². The van der Waals surface area contributed by atoms with E-state index in [4.69, 9.17) is 16.3 Å². The molecule has 6 nitrogen and oxygen atoms in total. The molecule has 0 aliphatic carbocycles. The van der Waals surface area contributed by atoms with Gasteiger partial charge in [0.25, 0.3) is 0 Å². The fraction of sp³-hybridized carbons (Fsp3) is 0.556. The van der Waals surface area contributed by atoms with Gasteiger partial charge in [-0.15, -0.1) is 24.0 Å². The van der Waals surface area contributed by atoms with Gasteiger partial charge in [0.05, 0.1) is 18.1 Å². The van der Waals surface area contributed by atoms with Crippen molar-refractivity contribution in [2.75, 3.05) is 33.3 Å². The molecule has 1 rings (SSSR count). The van der Waals surface area contributed by atoms with E-state index >= 15 is 0 Å². The summed E-state index contributed by atoms with van der Waals surface area (Å²) in [6.07, 6.45) is 0. The van der Waals surface area contributed by atoms with E-state index in [1.165, 1.54) is 0 Å². The van der Waals surface area contributed by atoms with Crippen LogP contribution in [0.15, 0.2) is 29.3 Å². The number of ether oxygens (including phenoxy) is 1. The Morgan fingerprint density at radius 1 is 1.31 bits per heavy atom. The SMILES string of the molecule is CCNC(=NCCOc1ccccc1Cl)N(C)CC(=O)NC(C)(C)C.I. The van der Waals surface area contributed by atoms with Crippen molar-refractivity contribution < 1.29 is 9.53 Å². The Morgan fingerprint density at radius 3 is 2.54 bits per heavy atom. The van der Waals surface area contributed by atoms with E-state index in [2.05, 4.69) is 15.6 Å². The highest BCUT2D eigenvalue weighted by Gasteiger charge is 2.16. The van der Waals surface area contributed by atoms with Crippen LogP contribution < -0.4 is 15.4 Å². The third-order valence-corrected chi connectivity index (χ3v) is 3.35. The molecule has 0 aliphatic heterocycles. The van der Waals surface area contributed by atoms with E-state index < -0.39 is 0 Å². The molecule has 0 aliphatic rings. The van der Waals surface area contributed by atoms with Crippen LogP contribution in [-0.2, 0) is 4.79 Å². The third-order valence-electron chi connectivity index (χ3n) is 3.04. The van der Waals surface area contributed by atoms with E-state index in [0.717, 1.165) is 6.54 Å². The maximum atomic E-state index is 12.1. The lowest BCUT2D eigenvalue weighted by molar-refractivity contribution is -0.122. The molecule has 0 saturated heterocycles. The Morgan fingerprint density at radius 2 is 1.96 bits per heavy atom. The summed E-state index contributed by atoms with van der Waals surface area (Å²) >= 11 is 6.05. The fourth-order valence-electron chi connectivity index (χ4n) is 2.09. The predicted molar refractivity (Wildman–Crippen MR) is 119 cm³/mol. The summed E-state index contributed by atoms with van der Waals surface area (Å²) < 4.78 is 5.63. The third kappa shape index (κ3) is 10.1. The quantitative estimate of drug-likeness (QED) is 0.263. The Labute approximate surface area is 178 Å². The number of likely N-dealkylation sites (N-methyl/N-ethyl adjacent to an activating group) is 1. The van der Waals surface area contributed by atoms with Gasteiger partial charge in [-0.05, 0) is 39.8 Å². The summed E-state index contributed by atoms with van der Waals surface area (Å²) in [6.45, 7) is 9.66. The largest absolute Gasteiger partial charge is 0.490 e. The average molecular weight is 497 g/mol. The molecule has 2 N–H and O–H groups in total. The van der Waals surface area contributed by atoms with Crippen molar-refractivity contribution in [1.29, 1.82) is 0 Å². The fourth-order valence-corrected chi connectivity index (χ4v) is 2.28. The van der Waals surface area contributed by atoms with Gasteiger partial charge < -0.3 is 20.3 Å². The minimum absolute atomic E-state index is 0. The number of benzene rings is 1. The molecule has 1 aromatic rings. The summed E-state index contributed by atoms with van der Waals surface area (Å²) in [4.78, 5) is 18.3. The molecule has 26 heavy (non-hydrogen) atoms. The Bertz CT molecular complexity index is 591. The molecular weight excluding hydrogens is 467 g/mol. The minimum atomic E-state index is -0.254. The summed E-state index contributed by atoms with van der Waals surface area (Å²) in [6, 6.07) is 7.33. The smallest absolute Gasteiger partial charge is 0.240 e. The molecule has 1 amide bonds. The zero-order chi connectivity index (χ0) is 18.9. The number of nitrogens with zero attached hydrogens (tertiary/aromatic N) is 2. The van der Waals surface area contributed by atoms with Gasteiger partial charge in [0.15, 0.2) is 5.96 Å². The van der Waals surface area contributed by atoms with Gasteiger partial charge in [-0.3, -0.25) is 4.79 Å².